The molecule has 3 nitrogen and oxygen atoms in total. The molecule has 2 rings (SSSR count). The van der Waals surface area contributed by atoms with E-state index < -0.39 is 0 Å². The number of hydrogen-bond acceptors (Lipinski definition) is 4. The zero-order valence-electron chi connectivity index (χ0n) is 8.80. The molecule has 0 radical (unpaired) electrons. The normalized spacial score (nSPS) is 9.31. The van der Waals surface area contributed by atoms with Crippen LogP contribution in [-0.2, 0) is 0 Å². The summed E-state index contributed by atoms with van der Waals surface area (Å²) in [7, 11) is 0. The highest BCUT2D eigenvalue weighted by atomic mass is 32.1. The SMILES string of the molecule is CC#CCOc1cc(-c2cccs2)ncn1. The van der Waals surface area contributed by atoms with Crippen molar-refractivity contribution in [2.75, 3.05) is 6.61 Å². The van der Waals surface area contributed by atoms with E-state index in [-0.39, 0.29) is 0 Å². The first kappa shape index (κ1) is 10.7. The highest BCUT2D eigenvalue weighted by Gasteiger charge is 2.02. The maximum absolute atomic E-state index is 5.37. The third kappa shape index (κ3) is 2.59. The fraction of sp³-hybridized carbons (Fsp3) is 0.167. The second-order valence-electron chi connectivity index (χ2n) is 2.93. The molecule has 2 aromatic rings. The van der Waals surface area contributed by atoms with Gasteiger partial charge < -0.3 is 4.74 Å². The summed E-state index contributed by atoms with van der Waals surface area (Å²) in [5.41, 5.74) is 0.879. The Hall–Kier alpha value is -1.86. The molecule has 0 N–H and O–H groups in total. The Balaban J connectivity index is 2.16. The minimum Gasteiger partial charge on any atom is -0.464 e. The van der Waals surface area contributed by atoms with Crippen LogP contribution in [0.2, 0.25) is 0 Å². The summed E-state index contributed by atoms with van der Waals surface area (Å²) in [5, 5.41) is 2.01. The first-order chi connectivity index (χ1) is 7.90. The molecule has 0 bridgehead atoms. The molecule has 0 saturated carbocycles. The van der Waals surface area contributed by atoms with Crippen LogP contribution in [0.5, 0.6) is 5.88 Å². The minimum absolute atomic E-state index is 0.359. The Kier molecular flexibility index (Phi) is 3.52. The predicted octanol–water partition coefficient (Wildman–Crippen LogP) is 2.61. The van der Waals surface area contributed by atoms with Gasteiger partial charge in [0.2, 0.25) is 5.88 Å². The Morgan fingerprint density at radius 3 is 3.12 bits per heavy atom. The number of rotatable bonds is 3. The molecule has 0 aliphatic carbocycles. The number of ether oxygens (including phenoxy) is 1. The number of aromatic nitrogens is 2. The van der Waals surface area contributed by atoms with E-state index in [1.54, 1.807) is 18.3 Å². The van der Waals surface area contributed by atoms with E-state index in [2.05, 4.69) is 21.8 Å². The van der Waals surface area contributed by atoms with Gasteiger partial charge >= 0.3 is 0 Å². The lowest BCUT2D eigenvalue weighted by molar-refractivity contribution is 0.355. The van der Waals surface area contributed by atoms with Crippen LogP contribution in [-0.4, -0.2) is 16.6 Å². The lowest BCUT2D eigenvalue weighted by atomic mass is 10.3. The largest absolute Gasteiger partial charge is 0.464 e. The van der Waals surface area contributed by atoms with Gasteiger partial charge in [-0.1, -0.05) is 12.0 Å². The molecule has 0 spiro atoms. The van der Waals surface area contributed by atoms with Crippen LogP contribution in [0, 0.1) is 11.8 Å². The van der Waals surface area contributed by atoms with Crippen molar-refractivity contribution >= 4 is 11.3 Å². The summed E-state index contributed by atoms with van der Waals surface area (Å²) in [4.78, 5) is 9.32. The lowest BCUT2D eigenvalue weighted by Gasteiger charge is -2.01. The molecule has 0 atom stereocenters. The molecular formula is C12H10N2OS. The highest BCUT2D eigenvalue weighted by Crippen LogP contribution is 2.24. The van der Waals surface area contributed by atoms with E-state index in [1.807, 2.05) is 23.6 Å². The van der Waals surface area contributed by atoms with Gasteiger partial charge in [0.1, 0.15) is 6.33 Å². The molecule has 16 heavy (non-hydrogen) atoms. The molecule has 80 valence electrons. The summed E-state index contributed by atoms with van der Waals surface area (Å²) in [6.07, 6.45) is 1.50. The van der Waals surface area contributed by atoms with Crippen LogP contribution < -0.4 is 4.74 Å². The van der Waals surface area contributed by atoms with Crippen LogP contribution in [0.15, 0.2) is 29.9 Å². The fourth-order valence-electron chi connectivity index (χ4n) is 1.16. The van der Waals surface area contributed by atoms with Crippen molar-refractivity contribution in [1.29, 1.82) is 0 Å². The Morgan fingerprint density at radius 2 is 2.38 bits per heavy atom. The average Bonchev–Trinajstić information content (AvgIpc) is 2.83. The minimum atomic E-state index is 0.359. The summed E-state index contributed by atoms with van der Waals surface area (Å²) in [6.45, 7) is 2.14. The van der Waals surface area contributed by atoms with E-state index in [4.69, 9.17) is 4.74 Å². The Labute approximate surface area is 98.1 Å². The van der Waals surface area contributed by atoms with E-state index in [0.29, 0.717) is 12.5 Å². The monoisotopic (exact) mass is 230 g/mol. The van der Waals surface area contributed by atoms with Crippen LogP contribution in [0.25, 0.3) is 10.6 Å². The van der Waals surface area contributed by atoms with Gasteiger partial charge in [0.15, 0.2) is 6.61 Å². The summed E-state index contributed by atoms with van der Waals surface area (Å²) < 4.78 is 5.37. The quantitative estimate of drug-likeness (QED) is 0.760. The van der Waals surface area contributed by atoms with Gasteiger partial charge in [-0.25, -0.2) is 9.97 Å². The highest BCUT2D eigenvalue weighted by molar-refractivity contribution is 7.13. The van der Waals surface area contributed by atoms with Crippen LogP contribution in [0.1, 0.15) is 6.92 Å². The maximum Gasteiger partial charge on any atom is 0.217 e. The van der Waals surface area contributed by atoms with Crippen molar-refractivity contribution in [1.82, 2.24) is 9.97 Å². The molecule has 2 heterocycles. The van der Waals surface area contributed by atoms with Crippen molar-refractivity contribution in [3.8, 4) is 28.3 Å². The lowest BCUT2D eigenvalue weighted by Crippen LogP contribution is -1.97. The van der Waals surface area contributed by atoms with Gasteiger partial charge in [-0.05, 0) is 18.4 Å². The second-order valence-corrected chi connectivity index (χ2v) is 3.88. The molecule has 0 fully saturated rings. The van der Waals surface area contributed by atoms with Crippen molar-refractivity contribution in [2.45, 2.75) is 6.92 Å². The smallest absolute Gasteiger partial charge is 0.217 e. The van der Waals surface area contributed by atoms with E-state index >= 15 is 0 Å². The molecule has 0 unspecified atom stereocenters. The summed E-state index contributed by atoms with van der Waals surface area (Å²) >= 11 is 1.64. The standard InChI is InChI=1S/C12H10N2OS/c1-2-3-6-15-12-8-10(13-9-14-12)11-5-4-7-16-11/h4-5,7-9H,6H2,1H3. The van der Waals surface area contributed by atoms with Gasteiger partial charge in [-0.15, -0.1) is 17.3 Å². The Bertz CT molecular complexity index is 511. The zero-order chi connectivity index (χ0) is 11.2. The van der Waals surface area contributed by atoms with Gasteiger partial charge in [0.25, 0.3) is 0 Å². The third-order valence-corrected chi connectivity index (χ3v) is 2.78. The molecule has 0 aliphatic heterocycles. The molecule has 4 heteroatoms. The number of nitrogens with zero attached hydrogens (tertiary/aromatic N) is 2. The molecule has 0 aliphatic rings. The van der Waals surface area contributed by atoms with E-state index in [9.17, 15) is 0 Å². The van der Waals surface area contributed by atoms with Crippen LogP contribution in [0.3, 0.4) is 0 Å². The third-order valence-electron chi connectivity index (χ3n) is 1.88. The molecule has 0 saturated heterocycles. The zero-order valence-corrected chi connectivity index (χ0v) is 9.62. The average molecular weight is 230 g/mol. The van der Waals surface area contributed by atoms with Gasteiger partial charge in [0.05, 0.1) is 10.6 Å². The van der Waals surface area contributed by atoms with E-state index in [0.717, 1.165) is 10.6 Å². The molecular weight excluding hydrogens is 220 g/mol. The Morgan fingerprint density at radius 1 is 1.44 bits per heavy atom. The number of thiophene rings is 1. The second kappa shape index (κ2) is 5.29. The van der Waals surface area contributed by atoms with Crippen LogP contribution in [0.4, 0.5) is 0 Å². The van der Waals surface area contributed by atoms with Gasteiger partial charge in [-0.2, -0.15) is 0 Å². The van der Waals surface area contributed by atoms with Crippen molar-refractivity contribution in [3.63, 3.8) is 0 Å². The molecule has 0 aromatic carbocycles. The molecule has 2 aromatic heterocycles. The first-order valence-corrected chi connectivity index (χ1v) is 5.66. The van der Waals surface area contributed by atoms with Gasteiger partial charge in [0, 0.05) is 6.07 Å². The molecule has 0 amide bonds. The fourth-order valence-corrected chi connectivity index (χ4v) is 1.85. The van der Waals surface area contributed by atoms with Crippen molar-refractivity contribution < 1.29 is 4.74 Å². The van der Waals surface area contributed by atoms with Crippen molar-refractivity contribution in [3.05, 3.63) is 29.9 Å². The van der Waals surface area contributed by atoms with Gasteiger partial charge in [-0.3, -0.25) is 0 Å². The number of hydrogen-bond donors (Lipinski definition) is 0. The predicted molar refractivity (Wildman–Crippen MR) is 64.3 cm³/mol. The topological polar surface area (TPSA) is 35.0 Å². The summed E-state index contributed by atoms with van der Waals surface area (Å²) in [6, 6.07) is 5.83. The van der Waals surface area contributed by atoms with E-state index in [1.165, 1.54) is 6.33 Å². The summed E-state index contributed by atoms with van der Waals surface area (Å²) in [5.74, 6) is 6.14. The maximum atomic E-state index is 5.37. The first-order valence-electron chi connectivity index (χ1n) is 4.78. The van der Waals surface area contributed by atoms with Crippen molar-refractivity contribution in [2.24, 2.45) is 0 Å². The van der Waals surface area contributed by atoms with Crippen LogP contribution >= 0.6 is 11.3 Å².